The topological polar surface area (TPSA) is 84.3 Å². The summed E-state index contributed by atoms with van der Waals surface area (Å²) in [6.45, 7) is 0. The average molecular weight is 280 g/mol. The predicted molar refractivity (Wildman–Crippen MR) is 76.5 cm³/mol. The van der Waals surface area contributed by atoms with Crippen LogP contribution in [-0.2, 0) is 4.74 Å². The fourth-order valence-corrected chi connectivity index (χ4v) is 2.33. The van der Waals surface area contributed by atoms with Crippen LogP contribution in [0.4, 0.5) is 0 Å². The minimum atomic E-state index is -0.965. The zero-order valence-corrected chi connectivity index (χ0v) is 11.6. The van der Waals surface area contributed by atoms with Gasteiger partial charge in [-0.05, 0) is 12.8 Å². The Labute approximate surface area is 116 Å². The lowest BCUT2D eigenvalue weighted by Gasteiger charge is -2.26. The molecule has 100 valence electrons. The minimum Gasteiger partial charge on any atom is -0.405 e. The van der Waals surface area contributed by atoms with Crippen molar-refractivity contribution >= 4 is 34.2 Å². The molecule has 2 heterocycles. The molecule has 0 bridgehead atoms. The molecule has 2 rings (SSSR count). The van der Waals surface area contributed by atoms with Crippen molar-refractivity contribution in [1.82, 2.24) is 9.55 Å². The molecule has 1 aliphatic rings. The highest BCUT2D eigenvalue weighted by Gasteiger charge is 2.36. The summed E-state index contributed by atoms with van der Waals surface area (Å²) >= 11 is 4.87. The van der Waals surface area contributed by atoms with Gasteiger partial charge in [0.2, 0.25) is 0 Å². The lowest BCUT2D eigenvalue weighted by molar-refractivity contribution is -0.0503. The number of rotatable bonds is 3. The van der Waals surface area contributed by atoms with E-state index in [2.05, 4.69) is 4.98 Å². The van der Waals surface area contributed by atoms with Crippen LogP contribution in [0.25, 0.3) is 0 Å². The van der Waals surface area contributed by atoms with E-state index in [1.165, 1.54) is 10.8 Å². The Morgan fingerprint density at radius 2 is 2.26 bits per heavy atom. The molecule has 0 aliphatic carbocycles. The molecule has 0 amide bonds. The van der Waals surface area contributed by atoms with Crippen LogP contribution in [0.1, 0.15) is 29.4 Å². The van der Waals surface area contributed by atoms with E-state index < -0.39 is 17.3 Å². The maximum atomic E-state index is 11.8. The number of nitrogens with zero attached hydrogens (tertiary/aromatic N) is 1. The number of aliphatic hydroxyl groups is 1. The third kappa shape index (κ3) is 2.88. The van der Waals surface area contributed by atoms with Gasteiger partial charge in [0.15, 0.2) is 6.29 Å². The molecule has 1 aromatic heterocycles. The SMILES string of the molecule is BC(B)(O)C1CCC(n2cc(C=O)c(=S)[nH]c2=O)O1. The van der Waals surface area contributed by atoms with Crippen LogP contribution in [0, 0.1) is 4.64 Å². The number of hydrogen-bond donors (Lipinski definition) is 2. The van der Waals surface area contributed by atoms with Gasteiger partial charge in [-0.2, -0.15) is 0 Å². The van der Waals surface area contributed by atoms with Gasteiger partial charge in [-0.3, -0.25) is 14.3 Å². The Balaban J connectivity index is 2.32. The quantitative estimate of drug-likeness (QED) is 0.392. The minimum absolute atomic E-state index is 0.119. The Bertz CT molecular complexity index is 607. The summed E-state index contributed by atoms with van der Waals surface area (Å²) in [5.74, 6) is 0. The number of carbonyl (C=O) groups is 1. The molecule has 19 heavy (non-hydrogen) atoms. The van der Waals surface area contributed by atoms with Gasteiger partial charge in [0.25, 0.3) is 0 Å². The van der Waals surface area contributed by atoms with Gasteiger partial charge in [-0.15, -0.1) is 0 Å². The molecular formula is C10H14B2N2O4S. The highest BCUT2D eigenvalue weighted by atomic mass is 32.1. The number of aromatic amines is 1. The number of hydrogen-bond acceptors (Lipinski definition) is 5. The van der Waals surface area contributed by atoms with E-state index in [1.807, 2.05) is 0 Å². The van der Waals surface area contributed by atoms with Crippen LogP contribution in [0.5, 0.6) is 0 Å². The third-order valence-electron chi connectivity index (χ3n) is 3.22. The monoisotopic (exact) mass is 280 g/mol. The average Bonchev–Trinajstić information content (AvgIpc) is 2.78. The zero-order chi connectivity index (χ0) is 14.2. The van der Waals surface area contributed by atoms with Crippen LogP contribution in [-0.4, -0.2) is 48.1 Å². The van der Waals surface area contributed by atoms with Gasteiger partial charge >= 0.3 is 5.69 Å². The normalized spacial score (nSPS) is 23.4. The summed E-state index contributed by atoms with van der Waals surface area (Å²) in [6.07, 6.45) is 2.40. The van der Waals surface area contributed by atoms with E-state index in [4.69, 9.17) is 17.0 Å². The second-order valence-electron chi connectivity index (χ2n) is 5.18. The predicted octanol–water partition coefficient (Wildman–Crippen LogP) is -1.69. The van der Waals surface area contributed by atoms with Crippen molar-refractivity contribution in [3.05, 3.63) is 26.9 Å². The van der Waals surface area contributed by atoms with Crippen LogP contribution >= 0.6 is 12.2 Å². The summed E-state index contributed by atoms with van der Waals surface area (Å²) in [5, 5.41) is 8.94. The van der Waals surface area contributed by atoms with Gasteiger partial charge in [-0.25, -0.2) is 4.79 Å². The number of carbonyl (C=O) groups excluding carboxylic acids is 1. The van der Waals surface area contributed by atoms with Gasteiger partial charge < -0.3 is 9.84 Å². The van der Waals surface area contributed by atoms with E-state index in [1.54, 1.807) is 15.7 Å². The van der Waals surface area contributed by atoms with Crippen LogP contribution in [0.3, 0.4) is 0 Å². The van der Waals surface area contributed by atoms with Crippen molar-refractivity contribution < 1.29 is 14.6 Å². The Kier molecular flexibility index (Phi) is 3.80. The van der Waals surface area contributed by atoms with Crippen molar-refractivity contribution in [3.63, 3.8) is 0 Å². The molecule has 9 heteroatoms. The summed E-state index contributed by atoms with van der Waals surface area (Å²) < 4.78 is 7.10. The Morgan fingerprint density at radius 3 is 2.79 bits per heavy atom. The summed E-state index contributed by atoms with van der Waals surface area (Å²) in [4.78, 5) is 25.1. The van der Waals surface area contributed by atoms with E-state index in [0.29, 0.717) is 19.1 Å². The molecule has 0 aromatic carbocycles. The lowest BCUT2D eigenvalue weighted by atomic mass is 9.61. The van der Waals surface area contributed by atoms with Crippen molar-refractivity contribution in [2.24, 2.45) is 0 Å². The van der Waals surface area contributed by atoms with Gasteiger partial charge in [0.05, 0.1) is 11.7 Å². The standard InChI is InChI=1S/C10H14B2N2O4S/c11-10(12,17)6-1-2-7(18-6)14-3-5(4-15)8(19)13-9(14)16/h3-4,6-7,17H,1-2,11-12H2,(H,13,16,19). The molecule has 1 aromatic rings. The maximum absolute atomic E-state index is 11.8. The first-order valence-electron chi connectivity index (χ1n) is 6.01. The molecular weight excluding hydrogens is 266 g/mol. The highest BCUT2D eigenvalue weighted by Crippen LogP contribution is 2.30. The first-order chi connectivity index (χ1) is 8.82. The van der Waals surface area contributed by atoms with E-state index in [9.17, 15) is 14.7 Å². The van der Waals surface area contributed by atoms with E-state index in [0.717, 1.165) is 0 Å². The second-order valence-corrected chi connectivity index (χ2v) is 5.59. The molecule has 2 atom stereocenters. The number of aldehydes is 1. The number of H-pyrrole nitrogens is 1. The first kappa shape index (κ1) is 14.2. The molecule has 0 spiro atoms. The zero-order valence-electron chi connectivity index (χ0n) is 10.8. The maximum Gasteiger partial charge on any atom is 0.328 e. The fourth-order valence-electron chi connectivity index (χ4n) is 2.14. The van der Waals surface area contributed by atoms with Gasteiger partial charge in [0, 0.05) is 11.6 Å². The van der Waals surface area contributed by atoms with Crippen LogP contribution < -0.4 is 5.69 Å². The number of ether oxygens (including phenoxy) is 1. The molecule has 1 aliphatic heterocycles. The largest absolute Gasteiger partial charge is 0.405 e. The molecule has 1 saturated heterocycles. The van der Waals surface area contributed by atoms with Gasteiger partial charge in [0.1, 0.15) is 26.6 Å². The van der Waals surface area contributed by atoms with Crippen molar-refractivity contribution in [2.75, 3.05) is 0 Å². The molecule has 2 N–H and O–H groups in total. The highest BCUT2D eigenvalue weighted by molar-refractivity contribution is 7.71. The first-order valence-corrected chi connectivity index (χ1v) is 6.42. The van der Waals surface area contributed by atoms with Crippen molar-refractivity contribution in [1.29, 1.82) is 0 Å². The van der Waals surface area contributed by atoms with E-state index >= 15 is 0 Å². The lowest BCUT2D eigenvalue weighted by Crippen LogP contribution is -2.43. The van der Waals surface area contributed by atoms with Crippen LogP contribution in [0.15, 0.2) is 11.0 Å². The Morgan fingerprint density at radius 1 is 1.58 bits per heavy atom. The summed E-state index contributed by atoms with van der Waals surface area (Å²) in [5.41, 5.74) is -0.179. The smallest absolute Gasteiger partial charge is 0.328 e. The summed E-state index contributed by atoms with van der Waals surface area (Å²) in [6, 6.07) is 0. The van der Waals surface area contributed by atoms with Gasteiger partial charge in [-0.1, -0.05) is 12.2 Å². The molecule has 2 unspecified atom stereocenters. The second kappa shape index (κ2) is 5.07. The van der Waals surface area contributed by atoms with E-state index in [-0.39, 0.29) is 16.3 Å². The van der Waals surface area contributed by atoms with Crippen molar-refractivity contribution in [2.45, 2.75) is 30.6 Å². The third-order valence-corrected chi connectivity index (χ3v) is 3.56. The Hall–Kier alpha value is -1.18. The molecule has 1 fully saturated rings. The van der Waals surface area contributed by atoms with Crippen LogP contribution in [0.2, 0.25) is 0 Å². The number of nitrogens with one attached hydrogen (secondary N) is 1. The molecule has 0 radical (unpaired) electrons. The number of aromatic nitrogens is 2. The molecule has 6 nitrogen and oxygen atoms in total. The molecule has 0 saturated carbocycles. The van der Waals surface area contributed by atoms with Crippen molar-refractivity contribution in [3.8, 4) is 0 Å². The summed E-state index contributed by atoms with van der Waals surface area (Å²) in [7, 11) is 3.33. The fraction of sp³-hybridized carbons (Fsp3) is 0.500.